The number of benzene rings is 1. The maximum atomic E-state index is 14.1. The van der Waals surface area contributed by atoms with E-state index in [0.29, 0.717) is 4.90 Å². The molecule has 0 spiro atoms. The molecule has 2 N–H and O–H groups in total. The van der Waals surface area contributed by atoms with Crippen LogP contribution in [-0.4, -0.2) is 55.3 Å². The van der Waals surface area contributed by atoms with Gasteiger partial charge in [-0.2, -0.15) is 0 Å². The third-order valence-electron chi connectivity index (χ3n) is 4.64. The number of amides is 4. The number of sulfone groups is 1. The summed E-state index contributed by atoms with van der Waals surface area (Å²) in [7, 11) is -3.21. The van der Waals surface area contributed by atoms with Crippen LogP contribution in [0.4, 0.5) is 13.6 Å². The molecule has 146 valence electrons. The Morgan fingerprint density at radius 1 is 1.37 bits per heavy atom. The Bertz CT molecular complexity index is 936. The molecule has 2 aliphatic heterocycles. The molecule has 2 saturated heterocycles. The average Bonchev–Trinajstić information content (AvgIpc) is 3.01. The Kier molecular flexibility index (Phi) is 4.66. The van der Waals surface area contributed by atoms with Gasteiger partial charge in [-0.3, -0.25) is 14.5 Å². The number of carbonyl (C=O) groups is 3. The van der Waals surface area contributed by atoms with Crippen molar-refractivity contribution >= 4 is 27.7 Å². The van der Waals surface area contributed by atoms with Gasteiger partial charge >= 0.3 is 6.03 Å². The van der Waals surface area contributed by atoms with E-state index in [0.717, 1.165) is 18.2 Å². The van der Waals surface area contributed by atoms with Crippen molar-refractivity contribution in [2.24, 2.45) is 0 Å². The van der Waals surface area contributed by atoms with Gasteiger partial charge in [0.2, 0.25) is 5.91 Å². The molecule has 1 aromatic rings. The molecule has 3 rings (SSSR count). The van der Waals surface area contributed by atoms with Crippen LogP contribution in [-0.2, 0) is 25.0 Å². The number of nitrogens with one attached hydrogen (secondary N) is 2. The lowest BCUT2D eigenvalue weighted by atomic mass is 9.91. The number of urea groups is 1. The molecular formula is C16H17F2N3O5S. The average molecular weight is 401 g/mol. The summed E-state index contributed by atoms with van der Waals surface area (Å²) in [6.45, 7) is 0.556. The van der Waals surface area contributed by atoms with Gasteiger partial charge < -0.3 is 10.6 Å². The first-order valence-electron chi connectivity index (χ1n) is 8.11. The van der Waals surface area contributed by atoms with Crippen molar-refractivity contribution in [2.45, 2.75) is 24.9 Å². The largest absolute Gasteiger partial charge is 0.351 e. The Balaban J connectivity index is 1.74. The van der Waals surface area contributed by atoms with Crippen LogP contribution >= 0.6 is 0 Å². The van der Waals surface area contributed by atoms with Gasteiger partial charge in [-0.05, 0) is 31.5 Å². The molecule has 11 heteroatoms. The maximum Gasteiger partial charge on any atom is 0.325 e. The fourth-order valence-corrected chi connectivity index (χ4v) is 4.90. The normalized spacial score (nSPS) is 26.9. The number of imide groups is 1. The first-order chi connectivity index (χ1) is 12.5. The first-order valence-corrected chi connectivity index (χ1v) is 9.93. The molecule has 8 nitrogen and oxygen atoms in total. The highest BCUT2D eigenvalue weighted by Gasteiger charge is 2.51. The highest BCUT2D eigenvalue weighted by Crippen LogP contribution is 2.31. The van der Waals surface area contributed by atoms with E-state index in [4.69, 9.17) is 0 Å². The number of hydrogen-bond acceptors (Lipinski definition) is 5. The van der Waals surface area contributed by atoms with Gasteiger partial charge in [-0.25, -0.2) is 22.0 Å². The van der Waals surface area contributed by atoms with E-state index < -0.39 is 57.4 Å². The van der Waals surface area contributed by atoms with Gasteiger partial charge in [0.15, 0.2) is 9.84 Å². The Morgan fingerprint density at radius 2 is 2.07 bits per heavy atom. The van der Waals surface area contributed by atoms with Crippen molar-refractivity contribution in [3.63, 3.8) is 0 Å². The number of halogens is 2. The summed E-state index contributed by atoms with van der Waals surface area (Å²) in [4.78, 5) is 37.5. The quantitative estimate of drug-likeness (QED) is 0.692. The van der Waals surface area contributed by atoms with Crippen LogP contribution in [0.3, 0.4) is 0 Å². The van der Waals surface area contributed by atoms with Gasteiger partial charge in [0, 0.05) is 11.6 Å². The Morgan fingerprint density at radius 3 is 2.70 bits per heavy atom. The third kappa shape index (κ3) is 3.64. The van der Waals surface area contributed by atoms with Gasteiger partial charge in [-0.15, -0.1) is 0 Å². The second-order valence-corrected chi connectivity index (χ2v) is 8.97. The second-order valence-electron chi connectivity index (χ2n) is 6.74. The van der Waals surface area contributed by atoms with E-state index in [2.05, 4.69) is 10.6 Å². The van der Waals surface area contributed by atoms with Crippen LogP contribution in [0, 0.1) is 11.6 Å². The van der Waals surface area contributed by atoms with E-state index in [1.165, 1.54) is 6.92 Å². The van der Waals surface area contributed by atoms with Crippen molar-refractivity contribution < 1.29 is 31.6 Å². The lowest BCUT2D eigenvalue weighted by molar-refractivity contribution is -0.135. The van der Waals surface area contributed by atoms with Gasteiger partial charge in [-0.1, -0.05) is 0 Å². The molecule has 0 aliphatic carbocycles. The van der Waals surface area contributed by atoms with Crippen LogP contribution in [0.1, 0.15) is 18.9 Å². The second kappa shape index (κ2) is 6.55. The summed E-state index contributed by atoms with van der Waals surface area (Å²) in [5, 5.41) is 4.75. The van der Waals surface area contributed by atoms with Crippen LogP contribution < -0.4 is 10.6 Å². The molecule has 27 heavy (non-hydrogen) atoms. The SMILES string of the molecule is C[C@@]1(c2cc(F)ccc2F)NC(=O)N(CC(=O)N[C@@H]2CCS(=O)(=O)C2)C1=O. The molecule has 0 unspecified atom stereocenters. The maximum absolute atomic E-state index is 14.1. The summed E-state index contributed by atoms with van der Waals surface area (Å²) in [6.07, 6.45) is 0.250. The van der Waals surface area contributed by atoms with Crippen LogP contribution in [0.15, 0.2) is 18.2 Å². The summed E-state index contributed by atoms with van der Waals surface area (Å²) in [5.74, 6) is -3.54. The number of nitrogens with zero attached hydrogens (tertiary/aromatic N) is 1. The molecule has 2 aliphatic rings. The van der Waals surface area contributed by atoms with Crippen molar-refractivity contribution in [3.05, 3.63) is 35.4 Å². The molecule has 0 radical (unpaired) electrons. The van der Waals surface area contributed by atoms with Crippen molar-refractivity contribution in [1.82, 2.24) is 15.5 Å². The molecule has 0 bridgehead atoms. The number of carbonyl (C=O) groups excluding carboxylic acids is 3. The fraction of sp³-hybridized carbons (Fsp3) is 0.438. The zero-order valence-electron chi connectivity index (χ0n) is 14.3. The summed E-state index contributed by atoms with van der Waals surface area (Å²) >= 11 is 0. The molecule has 4 amide bonds. The zero-order chi connectivity index (χ0) is 20.0. The number of hydrogen-bond donors (Lipinski definition) is 2. The predicted molar refractivity (Wildman–Crippen MR) is 89.2 cm³/mol. The van der Waals surface area contributed by atoms with Crippen LogP contribution in [0.25, 0.3) is 0 Å². The topological polar surface area (TPSA) is 113 Å². The minimum absolute atomic E-state index is 0.0437. The van der Waals surface area contributed by atoms with E-state index in [9.17, 15) is 31.6 Å². The molecule has 2 heterocycles. The van der Waals surface area contributed by atoms with E-state index in [1.807, 2.05) is 0 Å². The summed E-state index contributed by atoms with van der Waals surface area (Å²) < 4.78 is 50.4. The smallest absolute Gasteiger partial charge is 0.325 e. The van der Waals surface area contributed by atoms with E-state index in [-0.39, 0.29) is 23.5 Å². The summed E-state index contributed by atoms with van der Waals surface area (Å²) in [6, 6.07) is 1.01. The van der Waals surface area contributed by atoms with E-state index >= 15 is 0 Å². The molecule has 0 aromatic heterocycles. The lowest BCUT2D eigenvalue weighted by Crippen LogP contribution is -2.46. The van der Waals surface area contributed by atoms with Gasteiger partial charge in [0.25, 0.3) is 5.91 Å². The predicted octanol–water partition coefficient (Wildman–Crippen LogP) is 0.0351. The monoisotopic (exact) mass is 401 g/mol. The number of rotatable bonds is 4. The lowest BCUT2D eigenvalue weighted by Gasteiger charge is -2.23. The van der Waals surface area contributed by atoms with Crippen LogP contribution in [0.5, 0.6) is 0 Å². The van der Waals surface area contributed by atoms with E-state index in [1.54, 1.807) is 0 Å². The minimum atomic E-state index is -3.21. The van der Waals surface area contributed by atoms with Crippen molar-refractivity contribution in [1.29, 1.82) is 0 Å². The zero-order valence-corrected chi connectivity index (χ0v) is 15.1. The van der Waals surface area contributed by atoms with Crippen molar-refractivity contribution in [2.75, 3.05) is 18.1 Å². The molecular weight excluding hydrogens is 384 g/mol. The van der Waals surface area contributed by atoms with Crippen molar-refractivity contribution in [3.8, 4) is 0 Å². The Hall–Kier alpha value is -2.56. The Labute approximate surface area is 153 Å². The third-order valence-corrected chi connectivity index (χ3v) is 6.41. The highest BCUT2D eigenvalue weighted by molar-refractivity contribution is 7.91. The fourth-order valence-electron chi connectivity index (χ4n) is 3.23. The molecule has 1 aromatic carbocycles. The molecule has 2 atom stereocenters. The minimum Gasteiger partial charge on any atom is -0.351 e. The highest BCUT2D eigenvalue weighted by atomic mass is 32.2. The standard InChI is InChI=1S/C16H17F2N3O5S/c1-16(11-6-9(17)2-3-12(11)18)14(23)21(15(24)20-16)7-13(22)19-10-4-5-27(25,26)8-10/h2-3,6,10H,4-5,7-8H2,1H3,(H,19,22)(H,20,24)/t10-,16+/m1/s1. The van der Waals surface area contributed by atoms with Gasteiger partial charge in [0.05, 0.1) is 11.5 Å². The summed E-state index contributed by atoms with van der Waals surface area (Å²) in [5.41, 5.74) is -2.22. The molecule has 0 saturated carbocycles. The molecule has 2 fully saturated rings. The first kappa shape index (κ1) is 19.2. The van der Waals surface area contributed by atoms with Gasteiger partial charge in [0.1, 0.15) is 23.7 Å². The van der Waals surface area contributed by atoms with Crippen LogP contribution in [0.2, 0.25) is 0 Å².